The minimum atomic E-state index is -0.793. The van der Waals surface area contributed by atoms with E-state index in [4.69, 9.17) is 4.74 Å². The Bertz CT molecular complexity index is 615. The highest BCUT2D eigenvalue weighted by Gasteiger charge is 2.26. The van der Waals surface area contributed by atoms with Crippen LogP contribution in [-0.4, -0.2) is 23.9 Å². The summed E-state index contributed by atoms with van der Waals surface area (Å²) in [6.45, 7) is 1.63. The number of methoxy groups -OCH3 is 1. The number of aliphatic hydroxyl groups is 1. The van der Waals surface area contributed by atoms with Crippen LogP contribution in [0.4, 0.5) is 10.1 Å². The van der Waals surface area contributed by atoms with E-state index in [0.29, 0.717) is 11.4 Å². The predicted molar refractivity (Wildman–Crippen MR) is 79.1 cm³/mol. The standard InChI is InChI=1S/C16H18FNO3/c1-16(10-19,18-13-6-4-12(17)5-7-13)11-3-8-14(20)15(9-11)21-2/h3-9,18-20H,10H2,1-2H3. The molecule has 112 valence electrons. The summed E-state index contributed by atoms with van der Waals surface area (Å²) in [6, 6.07) is 10.7. The number of rotatable bonds is 5. The molecule has 3 N–H and O–H groups in total. The maximum Gasteiger partial charge on any atom is 0.160 e. The van der Waals surface area contributed by atoms with Crippen LogP contribution >= 0.6 is 0 Å². The number of anilines is 1. The van der Waals surface area contributed by atoms with Crippen LogP contribution in [0.25, 0.3) is 0 Å². The zero-order valence-electron chi connectivity index (χ0n) is 11.9. The molecule has 0 aliphatic rings. The van der Waals surface area contributed by atoms with Gasteiger partial charge in [0, 0.05) is 5.69 Å². The van der Waals surface area contributed by atoms with Gasteiger partial charge in [-0.1, -0.05) is 6.07 Å². The number of nitrogens with one attached hydrogen (secondary N) is 1. The second kappa shape index (κ2) is 6.01. The summed E-state index contributed by atoms with van der Waals surface area (Å²) < 4.78 is 18.0. The van der Waals surface area contributed by atoms with Crippen LogP contribution in [0.3, 0.4) is 0 Å². The summed E-state index contributed by atoms with van der Waals surface area (Å²) in [5, 5.41) is 22.6. The number of phenols is 1. The molecule has 1 unspecified atom stereocenters. The Morgan fingerprint density at radius 3 is 2.43 bits per heavy atom. The summed E-state index contributed by atoms with van der Waals surface area (Å²) in [7, 11) is 1.46. The molecule has 0 amide bonds. The lowest BCUT2D eigenvalue weighted by molar-refractivity contribution is 0.223. The van der Waals surface area contributed by atoms with Crippen LogP contribution in [0.2, 0.25) is 0 Å². The van der Waals surface area contributed by atoms with Gasteiger partial charge >= 0.3 is 0 Å². The topological polar surface area (TPSA) is 61.7 Å². The fourth-order valence-corrected chi connectivity index (χ4v) is 2.08. The lowest BCUT2D eigenvalue weighted by atomic mass is 9.92. The maximum atomic E-state index is 12.9. The number of halogens is 1. The summed E-state index contributed by atoms with van der Waals surface area (Å²) in [5.74, 6) is 0.0361. The van der Waals surface area contributed by atoms with Crippen LogP contribution in [0.15, 0.2) is 42.5 Å². The van der Waals surface area contributed by atoms with Gasteiger partial charge in [-0.2, -0.15) is 0 Å². The lowest BCUT2D eigenvalue weighted by Gasteiger charge is -2.31. The number of phenolic OH excluding ortho intramolecular Hbond substituents is 1. The third-order valence-corrected chi connectivity index (χ3v) is 3.40. The van der Waals surface area contributed by atoms with Gasteiger partial charge in [0.25, 0.3) is 0 Å². The molecule has 1 atom stereocenters. The van der Waals surface area contributed by atoms with Crippen LogP contribution in [0.1, 0.15) is 12.5 Å². The van der Waals surface area contributed by atoms with E-state index in [-0.39, 0.29) is 18.2 Å². The van der Waals surface area contributed by atoms with Gasteiger partial charge in [-0.05, 0) is 48.9 Å². The van der Waals surface area contributed by atoms with Crippen LogP contribution in [0, 0.1) is 5.82 Å². The van der Waals surface area contributed by atoms with Crippen molar-refractivity contribution in [3.05, 3.63) is 53.8 Å². The molecule has 5 heteroatoms. The Balaban J connectivity index is 2.34. The van der Waals surface area contributed by atoms with E-state index in [2.05, 4.69) is 5.32 Å². The molecule has 0 radical (unpaired) electrons. The third-order valence-electron chi connectivity index (χ3n) is 3.40. The SMILES string of the molecule is COc1cc(C(C)(CO)Nc2ccc(F)cc2)ccc1O. The smallest absolute Gasteiger partial charge is 0.160 e. The van der Waals surface area contributed by atoms with Crippen molar-refractivity contribution in [1.29, 1.82) is 0 Å². The van der Waals surface area contributed by atoms with Crippen LogP contribution < -0.4 is 10.1 Å². The fraction of sp³-hybridized carbons (Fsp3) is 0.250. The zero-order valence-corrected chi connectivity index (χ0v) is 11.9. The Labute approximate surface area is 122 Å². The first-order valence-electron chi connectivity index (χ1n) is 6.50. The molecule has 0 aliphatic heterocycles. The van der Waals surface area contributed by atoms with Crippen molar-refractivity contribution >= 4 is 5.69 Å². The summed E-state index contributed by atoms with van der Waals surface area (Å²) in [4.78, 5) is 0. The van der Waals surface area contributed by atoms with Gasteiger partial charge in [-0.25, -0.2) is 4.39 Å². The Hall–Kier alpha value is -2.27. The predicted octanol–water partition coefficient (Wildman–Crippen LogP) is 2.86. The number of hydrogen-bond acceptors (Lipinski definition) is 4. The van der Waals surface area contributed by atoms with Crippen molar-refractivity contribution < 1.29 is 19.3 Å². The van der Waals surface area contributed by atoms with Gasteiger partial charge in [-0.15, -0.1) is 0 Å². The third kappa shape index (κ3) is 3.25. The van der Waals surface area contributed by atoms with E-state index in [1.807, 2.05) is 6.92 Å². The lowest BCUT2D eigenvalue weighted by Crippen LogP contribution is -2.35. The molecular formula is C16H18FNO3. The second-order valence-electron chi connectivity index (χ2n) is 5.01. The average Bonchev–Trinajstić information content (AvgIpc) is 2.50. The average molecular weight is 291 g/mol. The number of hydrogen-bond donors (Lipinski definition) is 3. The molecule has 0 fully saturated rings. The number of benzene rings is 2. The maximum absolute atomic E-state index is 12.9. The monoisotopic (exact) mass is 291 g/mol. The van der Waals surface area contributed by atoms with Gasteiger partial charge in [0.05, 0.1) is 19.3 Å². The second-order valence-corrected chi connectivity index (χ2v) is 5.01. The molecule has 0 bridgehead atoms. The van der Waals surface area contributed by atoms with E-state index in [1.54, 1.807) is 24.3 Å². The summed E-state index contributed by atoms with van der Waals surface area (Å²) >= 11 is 0. The molecule has 0 heterocycles. The summed E-state index contributed by atoms with van der Waals surface area (Å²) in [5.41, 5.74) is 0.627. The molecule has 4 nitrogen and oxygen atoms in total. The highest BCUT2D eigenvalue weighted by atomic mass is 19.1. The van der Waals surface area contributed by atoms with Crippen molar-refractivity contribution in [2.45, 2.75) is 12.5 Å². The number of aliphatic hydroxyl groups excluding tert-OH is 1. The molecule has 21 heavy (non-hydrogen) atoms. The molecule has 2 aromatic rings. The highest BCUT2D eigenvalue weighted by Crippen LogP contribution is 2.33. The largest absolute Gasteiger partial charge is 0.504 e. The van der Waals surface area contributed by atoms with E-state index < -0.39 is 5.54 Å². The molecule has 2 aromatic carbocycles. The molecular weight excluding hydrogens is 273 g/mol. The number of aromatic hydroxyl groups is 1. The molecule has 0 spiro atoms. The molecule has 0 saturated carbocycles. The van der Waals surface area contributed by atoms with E-state index in [9.17, 15) is 14.6 Å². The van der Waals surface area contributed by atoms with Gasteiger partial charge in [0.2, 0.25) is 0 Å². The first-order valence-corrected chi connectivity index (χ1v) is 6.50. The van der Waals surface area contributed by atoms with Gasteiger partial charge in [0.1, 0.15) is 5.82 Å². The van der Waals surface area contributed by atoms with Crippen molar-refractivity contribution in [3.63, 3.8) is 0 Å². The van der Waals surface area contributed by atoms with Gasteiger partial charge in [-0.3, -0.25) is 0 Å². The van der Waals surface area contributed by atoms with Crippen molar-refractivity contribution in [2.75, 3.05) is 19.0 Å². The Kier molecular flexibility index (Phi) is 4.33. The van der Waals surface area contributed by atoms with Crippen molar-refractivity contribution in [3.8, 4) is 11.5 Å². The van der Waals surface area contributed by atoms with Crippen molar-refractivity contribution in [1.82, 2.24) is 0 Å². The Morgan fingerprint density at radius 2 is 1.86 bits per heavy atom. The van der Waals surface area contributed by atoms with Crippen LogP contribution in [-0.2, 0) is 5.54 Å². The molecule has 2 rings (SSSR count). The van der Waals surface area contributed by atoms with Gasteiger partial charge < -0.3 is 20.3 Å². The normalized spacial score (nSPS) is 13.5. The van der Waals surface area contributed by atoms with E-state index in [1.165, 1.54) is 25.3 Å². The summed E-state index contributed by atoms with van der Waals surface area (Å²) in [6.07, 6.45) is 0. The molecule has 0 saturated heterocycles. The van der Waals surface area contributed by atoms with E-state index in [0.717, 1.165) is 5.56 Å². The molecule has 0 aliphatic carbocycles. The fourth-order valence-electron chi connectivity index (χ4n) is 2.08. The van der Waals surface area contributed by atoms with Crippen LogP contribution in [0.5, 0.6) is 11.5 Å². The quantitative estimate of drug-likeness (QED) is 0.792. The highest BCUT2D eigenvalue weighted by molar-refractivity contribution is 5.50. The van der Waals surface area contributed by atoms with Gasteiger partial charge in [0.15, 0.2) is 11.5 Å². The number of ether oxygens (including phenoxy) is 1. The molecule has 0 aromatic heterocycles. The first kappa shape index (κ1) is 15.1. The Morgan fingerprint density at radius 1 is 1.19 bits per heavy atom. The minimum Gasteiger partial charge on any atom is -0.504 e. The first-order chi connectivity index (χ1) is 9.98. The minimum absolute atomic E-state index is 0.0309. The van der Waals surface area contributed by atoms with E-state index >= 15 is 0 Å². The van der Waals surface area contributed by atoms with Crippen molar-refractivity contribution in [2.24, 2.45) is 0 Å². The zero-order chi connectivity index (χ0) is 15.5.